The lowest BCUT2D eigenvalue weighted by molar-refractivity contribution is -0.131. The van der Waals surface area contributed by atoms with Crippen LogP contribution in [0.2, 0.25) is 0 Å². The first-order valence-corrected chi connectivity index (χ1v) is 11.3. The third kappa shape index (κ3) is 6.18. The number of ether oxygens (including phenoxy) is 3. The Morgan fingerprint density at radius 3 is 2.47 bits per heavy atom. The summed E-state index contributed by atoms with van der Waals surface area (Å²) in [5.41, 5.74) is 1.06. The van der Waals surface area contributed by atoms with Crippen molar-refractivity contribution in [3.8, 4) is 11.5 Å². The molecule has 0 unspecified atom stereocenters. The maximum atomic E-state index is 12.6. The topological polar surface area (TPSA) is 75.6 Å². The molecule has 1 fully saturated rings. The molecule has 0 bridgehead atoms. The third-order valence-electron chi connectivity index (χ3n) is 6.15. The zero-order chi connectivity index (χ0) is 22.3. The number of benzene rings is 1. The Morgan fingerprint density at radius 1 is 1.12 bits per heavy atom. The lowest BCUT2D eigenvalue weighted by Crippen LogP contribution is -2.46. The molecule has 3 rings (SSSR count). The minimum absolute atomic E-state index is 0. The van der Waals surface area contributed by atoms with Crippen LogP contribution in [0.3, 0.4) is 0 Å². The molecule has 0 saturated carbocycles. The van der Waals surface area contributed by atoms with Gasteiger partial charge < -0.3 is 29.3 Å². The molecule has 2 heterocycles. The van der Waals surface area contributed by atoms with Gasteiger partial charge in [-0.15, -0.1) is 24.0 Å². The number of fused-ring (bicyclic) bond motifs is 1. The highest BCUT2D eigenvalue weighted by atomic mass is 127. The van der Waals surface area contributed by atoms with E-state index in [1.54, 1.807) is 0 Å². The molecule has 0 aliphatic carbocycles. The molecule has 0 aromatic heterocycles. The van der Waals surface area contributed by atoms with Crippen LogP contribution in [0.15, 0.2) is 23.2 Å². The van der Waals surface area contributed by atoms with Crippen LogP contribution in [0.1, 0.15) is 39.2 Å². The summed E-state index contributed by atoms with van der Waals surface area (Å²) in [6.07, 6.45) is 1.77. The summed E-state index contributed by atoms with van der Waals surface area (Å²) in [5.74, 6) is 2.43. The highest BCUT2D eigenvalue weighted by molar-refractivity contribution is 14.0. The highest BCUT2D eigenvalue weighted by Gasteiger charge is 2.36. The maximum Gasteiger partial charge on any atom is 0.242 e. The van der Waals surface area contributed by atoms with Crippen molar-refractivity contribution in [3.05, 3.63) is 23.8 Å². The van der Waals surface area contributed by atoms with Crippen molar-refractivity contribution >= 4 is 35.8 Å². The molecule has 1 aromatic rings. The molecule has 1 amide bonds. The average molecular weight is 560 g/mol. The first-order chi connectivity index (χ1) is 15.0. The van der Waals surface area contributed by atoms with E-state index in [9.17, 15) is 4.79 Å². The SMILES string of the molecule is CCNC(=NCC1(c2ccc3c(c2)OCO3)CCOCC1)N(C)CC(=O)N(CC)CC.I. The number of nitrogens with zero attached hydrogens (tertiary/aromatic N) is 3. The van der Waals surface area contributed by atoms with Crippen molar-refractivity contribution in [2.24, 2.45) is 4.99 Å². The first kappa shape index (κ1) is 26.5. The van der Waals surface area contributed by atoms with E-state index >= 15 is 0 Å². The lowest BCUT2D eigenvalue weighted by atomic mass is 9.74. The molecule has 1 N–H and O–H groups in total. The van der Waals surface area contributed by atoms with E-state index in [1.807, 2.05) is 43.7 Å². The van der Waals surface area contributed by atoms with E-state index in [0.717, 1.165) is 36.8 Å². The summed E-state index contributed by atoms with van der Waals surface area (Å²) < 4.78 is 16.8. The summed E-state index contributed by atoms with van der Waals surface area (Å²) in [4.78, 5) is 21.3. The highest BCUT2D eigenvalue weighted by Crippen LogP contribution is 2.41. The van der Waals surface area contributed by atoms with Gasteiger partial charge in [0.2, 0.25) is 12.7 Å². The second kappa shape index (κ2) is 12.5. The number of carbonyl (C=O) groups is 1. The van der Waals surface area contributed by atoms with E-state index in [-0.39, 0.29) is 42.1 Å². The molecule has 0 radical (unpaired) electrons. The number of carbonyl (C=O) groups excluding carboxylic acids is 1. The fourth-order valence-corrected chi connectivity index (χ4v) is 4.18. The summed E-state index contributed by atoms with van der Waals surface area (Å²) in [7, 11) is 1.92. The molecular weight excluding hydrogens is 523 g/mol. The van der Waals surface area contributed by atoms with Crippen LogP contribution in [0.25, 0.3) is 0 Å². The van der Waals surface area contributed by atoms with Gasteiger partial charge in [-0.05, 0) is 51.3 Å². The minimum Gasteiger partial charge on any atom is -0.454 e. The molecule has 2 aliphatic rings. The zero-order valence-corrected chi connectivity index (χ0v) is 22.0. The van der Waals surface area contributed by atoms with Gasteiger partial charge in [-0.25, -0.2) is 0 Å². The molecule has 9 heteroatoms. The molecule has 180 valence electrons. The molecule has 32 heavy (non-hydrogen) atoms. The second-order valence-corrected chi connectivity index (χ2v) is 8.05. The lowest BCUT2D eigenvalue weighted by Gasteiger charge is -2.37. The van der Waals surface area contributed by atoms with Gasteiger partial charge in [0.1, 0.15) is 0 Å². The Kier molecular flexibility index (Phi) is 10.3. The van der Waals surface area contributed by atoms with Gasteiger partial charge in [0.05, 0.1) is 13.1 Å². The number of halogens is 1. The summed E-state index contributed by atoms with van der Waals surface area (Å²) in [6, 6.07) is 6.19. The standard InChI is InChI=1S/C23H36N4O4.HI/c1-5-24-22(26(4)15-21(28)27(6-2)7-3)25-16-23(10-12-29-13-11-23)18-8-9-19-20(14-18)31-17-30-19;/h8-9,14H,5-7,10-13,15-17H2,1-4H3,(H,24,25);1H. The van der Waals surface area contributed by atoms with Crippen molar-refractivity contribution < 1.29 is 19.0 Å². The Labute approximate surface area is 208 Å². The van der Waals surface area contributed by atoms with Crippen LogP contribution in [-0.2, 0) is 14.9 Å². The normalized spacial score (nSPS) is 16.8. The predicted molar refractivity (Wildman–Crippen MR) is 136 cm³/mol. The van der Waals surface area contributed by atoms with E-state index < -0.39 is 0 Å². The Morgan fingerprint density at radius 2 is 1.81 bits per heavy atom. The predicted octanol–water partition coefficient (Wildman–Crippen LogP) is 2.85. The van der Waals surface area contributed by atoms with Gasteiger partial charge in [-0.3, -0.25) is 9.79 Å². The van der Waals surface area contributed by atoms with Crippen LogP contribution < -0.4 is 14.8 Å². The Hall–Kier alpha value is -1.75. The Bertz CT molecular complexity index is 779. The number of amides is 1. The smallest absolute Gasteiger partial charge is 0.242 e. The second-order valence-electron chi connectivity index (χ2n) is 8.05. The molecule has 1 saturated heterocycles. The van der Waals surface area contributed by atoms with Crippen molar-refractivity contribution in [2.75, 3.05) is 59.8 Å². The number of rotatable bonds is 8. The zero-order valence-electron chi connectivity index (χ0n) is 19.7. The average Bonchev–Trinajstić information content (AvgIpc) is 3.26. The van der Waals surface area contributed by atoms with Crippen molar-refractivity contribution in [3.63, 3.8) is 0 Å². The van der Waals surface area contributed by atoms with E-state index in [2.05, 4.69) is 17.4 Å². The number of hydrogen-bond donors (Lipinski definition) is 1. The number of aliphatic imine (C=N–C) groups is 1. The Balaban J connectivity index is 0.00000363. The largest absolute Gasteiger partial charge is 0.454 e. The number of likely N-dealkylation sites (N-methyl/N-ethyl adjacent to an activating group) is 2. The molecular formula is C23H37IN4O4. The van der Waals surface area contributed by atoms with E-state index in [0.29, 0.717) is 39.4 Å². The summed E-state index contributed by atoms with van der Waals surface area (Å²) in [6.45, 7) is 10.8. The van der Waals surface area contributed by atoms with Gasteiger partial charge in [-0.1, -0.05) is 6.07 Å². The minimum atomic E-state index is -0.135. The van der Waals surface area contributed by atoms with Crippen LogP contribution in [-0.4, -0.2) is 81.4 Å². The van der Waals surface area contributed by atoms with E-state index in [1.165, 1.54) is 5.56 Å². The molecule has 0 spiro atoms. The number of hydrogen-bond acceptors (Lipinski definition) is 5. The monoisotopic (exact) mass is 560 g/mol. The van der Waals surface area contributed by atoms with Gasteiger partial charge in [0, 0.05) is 45.3 Å². The third-order valence-corrected chi connectivity index (χ3v) is 6.15. The fourth-order valence-electron chi connectivity index (χ4n) is 4.18. The molecule has 2 aliphatic heterocycles. The molecule has 8 nitrogen and oxygen atoms in total. The summed E-state index contributed by atoms with van der Waals surface area (Å²) >= 11 is 0. The first-order valence-electron chi connectivity index (χ1n) is 11.3. The van der Waals surface area contributed by atoms with Gasteiger partial charge >= 0.3 is 0 Å². The van der Waals surface area contributed by atoms with Crippen LogP contribution in [0.5, 0.6) is 11.5 Å². The van der Waals surface area contributed by atoms with Gasteiger partial charge in [0.15, 0.2) is 17.5 Å². The quantitative estimate of drug-likeness (QED) is 0.300. The molecule has 1 aromatic carbocycles. The number of guanidine groups is 1. The van der Waals surface area contributed by atoms with Crippen molar-refractivity contribution in [1.82, 2.24) is 15.1 Å². The van der Waals surface area contributed by atoms with Gasteiger partial charge in [0.25, 0.3) is 0 Å². The van der Waals surface area contributed by atoms with Crippen molar-refractivity contribution in [2.45, 2.75) is 39.0 Å². The van der Waals surface area contributed by atoms with Crippen LogP contribution in [0, 0.1) is 0 Å². The molecule has 0 atom stereocenters. The van der Waals surface area contributed by atoms with E-state index in [4.69, 9.17) is 19.2 Å². The van der Waals surface area contributed by atoms with Crippen LogP contribution in [0.4, 0.5) is 0 Å². The van der Waals surface area contributed by atoms with Gasteiger partial charge in [-0.2, -0.15) is 0 Å². The maximum absolute atomic E-state index is 12.6. The summed E-state index contributed by atoms with van der Waals surface area (Å²) in [5, 5.41) is 3.34. The van der Waals surface area contributed by atoms with Crippen molar-refractivity contribution in [1.29, 1.82) is 0 Å². The van der Waals surface area contributed by atoms with Crippen LogP contribution >= 0.6 is 24.0 Å². The number of nitrogens with one attached hydrogen (secondary N) is 1. The fraction of sp³-hybridized carbons (Fsp3) is 0.652.